The molecule has 0 radical (unpaired) electrons. The lowest BCUT2D eigenvalue weighted by Gasteiger charge is -2.01. The molecule has 4 N–H and O–H groups in total. The molecular weight excluding hydrogens is 218 g/mol. The van der Waals surface area contributed by atoms with Crippen LogP contribution >= 0.6 is 17.0 Å². The minimum atomic E-state index is -1.17. The highest BCUT2D eigenvalue weighted by atomic mass is 79.9. The van der Waals surface area contributed by atoms with E-state index in [1.807, 2.05) is 0 Å². The molecule has 5 nitrogen and oxygen atoms in total. The van der Waals surface area contributed by atoms with Crippen LogP contribution in [0.5, 0.6) is 0 Å². The molecule has 0 heterocycles. The van der Waals surface area contributed by atoms with Gasteiger partial charge in [-0.1, -0.05) is 0 Å². The van der Waals surface area contributed by atoms with Gasteiger partial charge in [0.2, 0.25) is 0 Å². The van der Waals surface area contributed by atoms with E-state index in [0.717, 1.165) is 0 Å². The fraction of sp³-hybridized carbons (Fsp3) is 0.600. The summed E-state index contributed by atoms with van der Waals surface area (Å²) in [5.41, 5.74) is 5.00. The molecule has 0 aliphatic carbocycles. The molecule has 6 heteroatoms. The van der Waals surface area contributed by atoms with Crippen molar-refractivity contribution in [1.82, 2.24) is 0 Å². The summed E-state index contributed by atoms with van der Waals surface area (Å²) >= 11 is 0. The lowest BCUT2D eigenvalue weighted by Crippen LogP contribution is -2.30. The Labute approximate surface area is 74.0 Å². The van der Waals surface area contributed by atoms with Gasteiger partial charge in [-0.25, -0.2) is 0 Å². The lowest BCUT2D eigenvalue weighted by molar-refractivity contribution is -0.139. The van der Waals surface area contributed by atoms with Gasteiger partial charge in [-0.3, -0.25) is 9.59 Å². The van der Waals surface area contributed by atoms with Gasteiger partial charge < -0.3 is 15.9 Å². The average Bonchev–Trinajstić information content (AvgIpc) is 1.82. The molecular formula is C5H10BrNO4. The van der Waals surface area contributed by atoms with E-state index < -0.39 is 18.0 Å². The molecule has 0 bridgehead atoms. The maximum atomic E-state index is 9.99. The Morgan fingerprint density at radius 1 is 1.36 bits per heavy atom. The molecule has 0 aliphatic heterocycles. The standard InChI is InChI=1S/C5H9NO4.BrH/c6-3(5(9)10)1-2-4(7)8;/h3H,1-2,6H2,(H,7,8)(H,9,10);1H. The van der Waals surface area contributed by atoms with Crippen LogP contribution in [0.4, 0.5) is 0 Å². The summed E-state index contributed by atoms with van der Waals surface area (Å²) in [6, 6.07) is -1.06. The SMILES string of the molecule is Br.NC(CCC(=O)O)C(=O)O. The predicted octanol–water partition coefficient (Wildman–Crippen LogP) is -0.159. The molecule has 0 spiro atoms. The Morgan fingerprint density at radius 3 is 2.09 bits per heavy atom. The molecule has 0 aromatic rings. The van der Waals surface area contributed by atoms with Crippen LogP contribution in [0.2, 0.25) is 0 Å². The minimum absolute atomic E-state index is 0. The third kappa shape index (κ3) is 7.27. The number of carbonyl (C=O) groups is 2. The maximum Gasteiger partial charge on any atom is 0.320 e. The molecule has 0 aromatic carbocycles. The summed E-state index contributed by atoms with van der Waals surface area (Å²) in [5.74, 6) is -2.20. The molecule has 1 unspecified atom stereocenters. The molecule has 11 heavy (non-hydrogen) atoms. The number of aliphatic carboxylic acids is 2. The first-order valence-electron chi connectivity index (χ1n) is 2.74. The first-order chi connectivity index (χ1) is 4.54. The topological polar surface area (TPSA) is 101 Å². The van der Waals surface area contributed by atoms with E-state index in [-0.39, 0.29) is 29.8 Å². The smallest absolute Gasteiger partial charge is 0.320 e. The van der Waals surface area contributed by atoms with Gasteiger partial charge in [0.15, 0.2) is 0 Å². The van der Waals surface area contributed by atoms with Gasteiger partial charge >= 0.3 is 11.9 Å². The van der Waals surface area contributed by atoms with Crippen molar-refractivity contribution in [2.24, 2.45) is 5.73 Å². The lowest BCUT2D eigenvalue weighted by atomic mass is 10.2. The fourth-order valence-corrected chi connectivity index (χ4v) is 0.402. The number of rotatable bonds is 4. The van der Waals surface area contributed by atoms with Crippen LogP contribution in [0.25, 0.3) is 0 Å². The molecule has 0 saturated heterocycles. The zero-order valence-corrected chi connectivity index (χ0v) is 7.40. The van der Waals surface area contributed by atoms with Gasteiger partial charge in [0.25, 0.3) is 0 Å². The van der Waals surface area contributed by atoms with Crippen LogP contribution in [-0.2, 0) is 9.59 Å². The van der Waals surface area contributed by atoms with E-state index in [0.29, 0.717) is 0 Å². The van der Waals surface area contributed by atoms with E-state index in [1.54, 1.807) is 0 Å². The molecule has 66 valence electrons. The second-order valence-electron chi connectivity index (χ2n) is 1.88. The molecule has 0 fully saturated rings. The fourth-order valence-electron chi connectivity index (χ4n) is 0.402. The minimum Gasteiger partial charge on any atom is -0.481 e. The normalized spacial score (nSPS) is 11.4. The number of halogens is 1. The predicted molar refractivity (Wildman–Crippen MR) is 42.8 cm³/mol. The Hall–Kier alpha value is -0.620. The van der Waals surface area contributed by atoms with Gasteiger partial charge in [0, 0.05) is 6.42 Å². The largest absolute Gasteiger partial charge is 0.481 e. The third-order valence-electron chi connectivity index (χ3n) is 0.986. The van der Waals surface area contributed by atoms with E-state index in [1.165, 1.54) is 0 Å². The molecule has 0 saturated carbocycles. The molecule has 0 aromatic heterocycles. The summed E-state index contributed by atoms with van der Waals surface area (Å²) in [4.78, 5) is 19.9. The molecule has 1 atom stereocenters. The second kappa shape index (κ2) is 6.11. The Bertz CT molecular complexity index is 149. The van der Waals surface area contributed by atoms with Crippen LogP contribution in [0.3, 0.4) is 0 Å². The monoisotopic (exact) mass is 227 g/mol. The van der Waals surface area contributed by atoms with Crippen molar-refractivity contribution in [3.05, 3.63) is 0 Å². The zero-order valence-electron chi connectivity index (χ0n) is 5.69. The van der Waals surface area contributed by atoms with Crippen molar-refractivity contribution in [2.75, 3.05) is 0 Å². The summed E-state index contributed by atoms with van der Waals surface area (Å²) in [7, 11) is 0. The second-order valence-corrected chi connectivity index (χ2v) is 1.88. The van der Waals surface area contributed by atoms with Crippen molar-refractivity contribution in [3.8, 4) is 0 Å². The number of nitrogens with two attached hydrogens (primary N) is 1. The van der Waals surface area contributed by atoms with Gasteiger partial charge in [0.1, 0.15) is 6.04 Å². The van der Waals surface area contributed by atoms with E-state index in [9.17, 15) is 9.59 Å². The van der Waals surface area contributed by atoms with Crippen LogP contribution in [0, 0.1) is 0 Å². The highest BCUT2D eigenvalue weighted by Gasteiger charge is 2.12. The Balaban J connectivity index is 0. The van der Waals surface area contributed by atoms with Crippen molar-refractivity contribution in [3.63, 3.8) is 0 Å². The number of hydrogen-bond acceptors (Lipinski definition) is 3. The van der Waals surface area contributed by atoms with Crippen molar-refractivity contribution in [2.45, 2.75) is 18.9 Å². The number of hydrogen-bond donors (Lipinski definition) is 3. The van der Waals surface area contributed by atoms with E-state index in [2.05, 4.69) is 0 Å². The number of carboxylic acid groups (broad SMARTS) is 2. The van der Waals surface area contributed by atoms with Crippen molar-refractivity contribution < 1.29 is 19.8 Å². The first-order valence-corrected chi connectivity index (χ1v) is 2.74. The molecule has 0 aliphatic rings. The van der Waals surface area contributed by atoms with E-state index >= 15 is 0 Å². The summed E-state index contributed by atoms with van der Waals surface area (Å²) in [5, 5.41) is 16.3. The average molecular weight is 228 g/mol. The van der Waals surface area contributed by atoms with Crippen molar-refractivity contribution >= 4 is 28.9 Å². The molecule has 0 rings (SSSR count). The van der Waals surface area contributed by atoms with Gasteiger partial charge in [0.05, 0.1) is 0 Å². The Kier molecular flexibility index (Phi) is 7.23. The van der Waals surface area contributed by atoms with Gasteiger partial charge in [-0.05, 0) is 6.42 Å². The molecule has 0 amide bonds. The zero-order chi connectivity index (χ0) is 8.15. The highest BCUT2D eigenvalue weighted by Crippen LogP contribution is 1.93. The number of carboxylic acids is 2. The Morgan fingerprint density at radius 2 is 1.82 bits per heavy atom. The summed E-state index contributed by atoms with van der Waals surface area (Å²) < 4.78 is 0. The van der Waals surface area contributed by atoms with Gasteiger partial charge in [-0.15, -0.1) is 17.0 Å². The summed E-state index contributed by atoms with van der Waals surface area (Å²) in [6.07, 6.45) is -0.224. The summed E-state index contributed by atoms with van der Waals surface area (Å²) in [6.45, 7) is 0. The van der Waals surface area contributed by atoms with Crippen LogP contribution < -0.4 is 5.73 Å². The van der Waals surface area contributed by atoms with E-state index in [4.69, 9.17) is 15.9 Å². The van der Waals surface area contributed by atoms with Gasteiger partial charge in [-0.2, -0.15) is 0 Å². The first kappa shape index (κ1) is 13.0. The maximum absolute atomic E-state index is 9.99. The third-order valence-corrected chi connectivity index (χ3v) is 0.986. The van der Waals surface area contributed by atoms with Crippen molar-refractivity contribution in [1.29, 1.82) is 0 Å². The highest BCUT2D eigenvalue weighted by molar-refractivity contribution is 8.93. The quantitative estimate of drug-likeness (QED) is 0.620. The van der Waals surface area contributed by atoms with Crippen LogP contribution in [0.1, 0.15) is 12.8 Å². The van der Waals surface area contributed by atoms with Crippen LogP contribution in [-0.4, -0.2) is 28.2 Å². The van der Waals surface area contributed by atoms with Crippen LogP contribution in [0.15, 0.2) is 0 Å².